The quantitative estimate of drug-likeness (QED) is 0.582. The van der Waals surface area contributed by atoms with Gasteiger partial charge in [-0.25, -0.2) is 13.9 Å². The zero-order chi connectivity index (χ0) is 23.6. The van der Waals surface area contributed by atoms with E-state index in [1.165, 1.54) is 25.0 Å². The minimum atomic E-state index is -0.394. The lowest BCUT2D eigenvalue weighted by Gasteiger charge is -2.36. The van der Waals surface area contributed by atoms with Crippen LogP contribution in [0.2, 0.25) is 0 Å². The number of benzene rings is 1. The molecule has 178 valence electrons. The number of fused-ring (bicyclic) bond motifs is 5. The molecule has 3 aromatic rings. The number of nitrogens with zero attached hydrogens (tertiary/aromatic N) is 5. The number of halogens is 1. The van der Waals surface area contributed by atoms with Crippen molar-refractivity contribution in [3.05, 3.63) is 58.8 Å². The molecule has 3 aliphatic heterocycles. The maximum Gasteiger partial charge on any atom is 0.258 e. The highest BCUT2D eigenvalue weighted by Crippen LogP contribution is 2.37. The van der Waals surface area contributed by atoms with Crippen molar-refractivity contribution >= 4 is 11.6 Å². The molecular formula is C26H30FN5O2. The number of piperidine rings is 1. The molecular weight excluding hydrogens is 433 g/mol. The van der Waals surface area contributed by atoms with E-state index in [1.807, 2.05) is 16.9 Å². The number of carbonyl (C=O) groups excluding carboxylic acids is 1. The van der Waals surface area contributed by atoms with Crippen molar-refractivity contribution in [2.24, 2.45) is 0 Å². The first-order chi connectivity index (χ1) is 16.4. The number of ether oxygens (including phenoxy) is 1. The highest BCUT2D eigenvalue weighted by molar-refractivity contribution is 5.97. The van der Waals surface area contributed by atoms with Gasteiger partial charge in [0.15, 0.2) is 5.65 Å². The van der Waals surface area contributed by atoms with Gasteiger partial charge in [0.25, 0.3) is 5.91 Å². The molecule has 2 aromatic heterocycles. The van der Waals surface area contributed by atoms with Crippen molar-refractivity contribution in [2.75, 3.05) is 7.05 Å². The second kappa shape index (κ2) is 8.05. The molecule has 3 atom stereocenters. The fourth-order valence-corrected chi connectivity index (χ4v) is 5.78. The topological polar surface area (TPSA) is 63.0 Å². The van der Waals surface area contributed by atoms with Crippen molar-refractivity contribution in [1.82, 2.24) is 24.4 Å². The Morgan fingerprint density at radius 1 is 1.18 bits per heavy atom. The summed E-state index contributed by atoms with van der Waals surface area (Å²) in [4.78, 5) is 22.3. The summed E-state index contributed by atoms with van der Waals surface area (Å²) in [7, 11) is 2.18. The van der Waals surface area contributed by atoms with Crippen molar-refractivity contribution in [2.45, 2.75) is 76.7 Å². The minimum absolute atomic E-state index is 0.00129. The molecule has 1 aromatic carbocycles. The standard InChI is InChI=1S/C26H30FN5O2/c1-15(2)16-11-28-25-22-13-31(14-23(22)29-32(25)12-16)26(33)21-7-4-17(27)8-24(21)34-20-9-18-5-6-19(10-20)30(18)3/h4,7-8,11-12,15,18-20H,5-6,9-10,13-14H2,1-3H3/t18-,19+,20+. The number of hydrogen-bond donors (Lipinski definition) is 0. The lowest BCUT2D eigenvalue weighted by atomic mass is 10.0. The molecule has 8 heteroatoms. The van der Waals surface area contributed by atoms with E-state index in [1.54, 1.807) is 11.0 Å². The van der Waals surface area contributed by atoms with Crippen LogP contribution in [-0.2, 0) is 13.1 Å². The van der Waals surface area contributed by atoms with Crippen LogP contribution in [0.5, 0.6) is 5.75 Å². The van der Waals surface area contributed by atoms with Crippen LogP contribution < -0.4 is 4.74 Å². The fourth-order valence-electron chi connectivity index (χ4n) is 5.78. The van der Waals surface area contributed by atoms with Crippen molar-refractivity contribution in [3.63, 3.8) is 0 Å². The van der Waals surface area contributed by atoms with Gasteiger partial charge in [0, 0.05) is 36.1 Å². The molecule has 1 amide bonds. The molecule has 5 heterocycles. The van der Waals surface area contributed by atoms with E-state index in [-0.39, 0.29) is 12.0 Å². The van der Waals surface area contributed by atoms with E-state index in [4.69, 9.17) is 4.74 Å². The summed E-state index contributed by atoms with van der Waals surface area (Å²) in [5.74, 6) is 0.152. The number of hydrogen-bond acceptors (Lipinski definition) is 5. The Balaban J connectivity index is 1.23. The van der Waals surface area contributed by atoms with Gasteiger partial charge in [-0.2, -0.15) is 5.10 Å². The van der Waals surface area contributed by atoms with Crippen LogP contribution >= 0.6 is 0 Å². The zero-order valence-corrected chi connectivity index (χ0v) is 19.9. The average Bonchev–Trinajstić information content (AvgIpc) is 3.41. The summed E-state index contributed by atoms with van der Waals surface area (Å²) in [6.07, 6.45) is 8.07. The molecule has 6 rings (SSSR count). The summed E-state index contributed by atoms with van der Waals surface area (Å²) in [5, 5.41) is 4.69. The predicted molar refractivity (Wildman–Crippen MR) is 125 cm³/mol. The Hall–Kier alpha value is -3.00. The lowest BCUT2D eigenvalue weighted by Crippen LogP contribution is -2.44. The van der Waals surface area contributed by atoms with Crippen LogP contribution in [-0.4, -0.2) is 55.5 Å². The molecule has 2 fully saturated rings. The van der Waals surface area contributed by atoms with Gasteiger partial charge in [-0.1, -0.05) is 13.8 Å². The first-order valence-corrected chi connectivity index (χ1v) is 12.2. The molecule has 34 heavy (non-hydrogen) atoms. The Labute approximate surface area is 198 Å². The second-order valence-corrected chi connectivity index (χ2v) is 10.3. The Morgan fingerprint density at radius 2 is 1.94 bits per heavy atom. The zero-order valence-electron chi connectivity index (χ0n) is 19.9. The van der Waals surface area contributed by atoms with E-state index in [0.29, 0.717) is 42.4 Å². The Kier molecular flexibility index (Phi) is 5.09. The van der Waals surface area contributed by atoms with Crippen LogP contribution in [0.3, 0.4) is 0 Å². The third-order valence-electron chi connectivity index (χ3n) is 7.84. The maximum absolute atomic E-state index is 14.2. The molecule has 0 unspecified atom stereocenters. The summed E-state index contributed by atoms with van der Waals surface area (Å²) >= 11 is 0. The summed E-state index contributed by atoms with van der Waals surface area (Å²) < 4.78 is 22.3. The van der Waals surface area contributed by atoms with Gasteiger partial charge in [-0.15, -0.1) is 0 Å². The smallest absolute Gasteiger partial charge is 0.258 e. The van der Waals surface area contributed by atoms with Gasteiger partial charge < -0.3 is 14.5 Å². The highest BCUT2D eigenvalue weighted by Gasteiger charge is 2.40. The summed E-state index contributed by atoms with van der Waals surface area (Å²) in [6.45, 7) is 5.09. The first kappa shape index (κ1) is 21.5. The lowest BCUT2D eigenvalue weighted by molar-refractivity contribution is 0.0622. The van der Waals surface area contributed by atoms with Crippen LogP contribution in [0.25, 0.3) is 5.65 Å². The van der Waals surface area contributed by atoms with Gasteiger partial charge in [0.05, 0.1) is 24.3 Å². The largest absolute Gasteiger partial charge is 0.489 e. The van der Waals surface area contributed by atoms with Crippen LogP contribution in [0.15, 0.2) is 30.6 Å². The van der Waals surface area contributed by atoms with E-state index < -0.39 is 5.82 Å². The van der Waals surface area contributed by atoms with Gasteiger partial charge in [0.1, 0.15) is 17.7 Å². The van der Waals surface area contributed by atoms with E-state index >= 15 is 0 Å². The van der Waals surface area contributed by atoms with Gasteiger partial charge in [-0.05, 0) is 56.3 Å². The van der Waals surface area contributed by atoms with Crippen molar-refractivity contribution in [1.29, 1.82) is 0 Å². The third-order valence-corrected chi connectivity index (χ3v) is 7.84. The van der Waals surface area contributed by atoms with Crippen molar-refractivity contribution in [3.8, 4) is 5.75 Å². The predicted octanol–water partition coefficient (Wildman–Crippen LogP) is 4.15. The van der Waals surface area contributed by atoms with Gasteiger partial charge in [-0.3, -0.25) is 4.79 Å². The van der Waals surface area contributed by atoms with E-state index in [0.717, 1.165) is 35.3 Å². The molecule has 7 nitrogen and oxygen atoms in total. The highest BCUT2D eigenvalue weighted by atomic mass is 19.1. The van der Waals surface area contributed by atoms with E-state index in [9.17, 15) is 9.18 Å². The van der Waals surface area contributed by atoms with Crippen LogP contribution in [0.1, 0.15) is 72.6 Å². The van der Waals surface area contributed by atoms with Gasteiger partial charge in [0.2, 0.25) is 0 Å². The summed E-state index contributed by atoms with van der Waals surface area (Å²) in [5.41, 5.74) is 4.15. The molecule has 2 bridgehead atoms. The molecule has 0 spiro atoms. The molecule has 0 N–H and O–H groups in total. The SMILES string of the molecule is CC(C)c1cnc2c3c(nn2c1)CN(C(=O)c1ccc(F)cc1O[C@H]1C[C@H]2CC[C@@H](C1)N2C)C3. The number of rotatable bonds is 4. The monoisotopic (exact) mass is 463 g/mol. The first-order valence-electron chi connectivity index (χ1n) is 12.2. The van der Waals surface area contributed by atoms with Crippen molar-refractivity contribution < 1.29 is 13.9 Å². The summed E-state index contributed by atoms with van der Waals surface area (Å²) in [6, 6.07) is 5.25. The number of aromatic nitrogens is 3. The maximum atomic E-state index is 14.2. The fraction of sp³-hybridized carbons (Fsp3) is 0.500. The molecule has 0 aliphatic carbocycles. The molecule has 0 saturated carbocycles. The number of amides is 1. The Bertz CT molecular complexity index is 1260. The molecule has 2 saturated heterocycles. The average molecular weight is 464 g/mol. The molecule has 0 radical (unpaired) electrons. The Morgan fingerprint density at radius 3 is 2.68 bits per heavy atom. The minimum Gasteiger partial charge on any atom is -0.489 e. The normalized spacial score (nSPS) is 24.3. The van der Waals surface area contributed by atoms with E-state index in [2.05, 4.69) is 35.9 Å². The second-order valence-electron chi connectivity index (χ2n) is 10.3. The number of carbonyl (C=O) groups is 1. The van der Waals surface area contributed by atoms with Crippen LogP contribution in [0, 0.1) is 5.82 Å². The van der Waals surface area contributed by atoms with Gasteiger partial charge >= 0.3 is 0 Å². The van der Waals surface area contributed by atoms with Crippen LogP contribution in [0.4, 0.5) is 4.39 Å². The molecule has 3 aliphatic rings. The third kappa shape index (κ3) is 3.55.